The van der Waals surface area contributed by atoms with Crippen LogP contribution in [0.5, 0.6) is 0 Å². The molecule has 4 aliphatic rings. The van der Waals surface area contributed by atoms with Crippen molar-refractivity contribution >= 4 is 37.8 Å². The van der Waals surface area contributed by atoms with E-state index in [1.54, 1.807) is 0 Å². The van der Waals surface area contributed by atoms with Crippen LogP contribution in [0.3, 0.4) is 0 Å². The highest BCUT2D eigenvalue weighted by molar-refractivity contribution is 9.11. The van der Waals surface area contributed by atoms with E-state index in [4.69, 9.17) is 4.74 Å². The van der Waals surface area contributed by atoms with Gasteiger partial charge in [0.2, 0.25) is 5.91 Å². The second-order valence-corrected chi connectivity index (χ2v) is 11.7. The molecule has 0 unspecified atom stereocenters. The molecule has 1 aromatic carbocycles. The van der Waals surface area contributed by atoms with Gasteiger partial charge in [-0.2, -0.15) is 0 Å². The van der Waals surface area contributed by atoms with E-state index < -0.39 is 0 Å². The maximum Gasteiger partial charge on any atom is 0.224 e. The highest BCUT2D eigenvalue weighted by Gasteiger charge is 2.48. The molecule has 2 saturated carbocycles. The molecule has 3 atom stereocenters. The summed E-state index contributed by atoms with van der Waals surface area (Å²) < 4.78 is 7.92. The number of carbonyl (C=O) groups is 1. The Labute approximate surface area is 208 Å². The number of halogens is 2. The van der Waals surface area contributed by atoms with Gasteiger partial charge in [-0.25, -0.2) is 0 Å². The zero-order valence-electron chi connectivity index (χ0n) is 18.5. The molecule has 1 saturated heterocycles. The minimum Gasteiger partial charge on any atom is -0.379 e. The van der Waals surface area contributed by atoms with Crippen molar-refractivity contribution < 1.29 is 9.53 Å². The zero-order valence-corrected chi connectivity index (χ0v) is 21.7. The molecule has 0 radical (unpaired) electrons. The number of hydrogen-bond donors (Lipinski definition) is 1. The predicted molar refractivity (Wildman–Crippen MR) is 135 cm³/mol. The third-order valence-electron chi connectivity index (χ3n) is 7.84. The Hall–Kier alpha value is -0.950. The molecule has 5 rings (SSSR count). The average molecular weight is 564 g/mol. The van der Waals surface area contributed by atoms with Gasteiger partial charge in [0, 0.05) is 29.5 Å². The van der Waals surface area contributed by atoms with E-state index >= 15 is 0 Å². The highest BCUT2D eigenvalue weighted by atomic mass is 79.9. The number of nitrogens with one attached hydrogen (secondary N) is 1. The van der Waals surface area contributed by atoms with E-state index in [-0.39, 0.29) is 17.4 Å². The van der Waals surface area contributed by atoms with Crippen molar-refractivity contribution in [3.8, 4) is 0 Å². The van der Waals surface area contributed by atoms with Gasteiger partial charge in [-0.15, -0.1) is 0 Å². The molecule has 0 spiro atoms. The van der Waals surface area contributed by atoms with Crippen molar-refractivity contribution in [3.63, 3.8) is 0 Å². The van der Waals surface area contributed by atoms with E-state index in [2.05, 4.69) is 78.5 Å². The van der Waals surface area contributed by atoms with E-state index in [1.165, 1.54) is 15.6 Å². The summed E-state index contributed by atoms with van der Waals surface area (Å²) in [5, 5.41) is 3.51. The maximum atomic E-state index is 13.7. The van der Waals surface area contributed by atoms with Gasteiger partial charge in [0.25, 0.3) is 0 Å². The first kappa shape index (κ1) is 22.8. The summed E-state index contributed by atoms with van der Waals surface area (Å²) >= 11 is 7.18. The molecule has 32 heavy (non-hydrogen) atoms. The lowest BCUT2D eigenvalue weighted by Crippen LogP contribution is -2.50. The first-order valence-corrected chi connectivity index (χ1v) is 13.6. The molecule has 1 amide bonds. The van der Waals surface area contributed by atoms with Crippen LogP contribution in [0.25, 0.3) is 0 Å². The molecule has 1 aliphatic heterocycles. The number of amides is 1. The molecular formula is C26H32Br2N2O2. The topological polar surface area (TPSA) is 41.6 Å². The van der Waals surface area contributed by atoms with Crippen LogP contribution in [0.15, 0.2) is 50.9 Å². The zero-order chi connectivity index (χ0) is 22.1. The lowest BCUT2D eigenvalue weighted by molar-refractivity contribution is -0.129. The lowest BCUT2D eigenvalue weighted by Gasteiger charge is -2.43. The second-order valence-electron chi connectivity index (χ2n) is 9.76. The summed E-state index contributed by atoms with van der Waals surface area (Å²) in [6.45, 7) is 3.70. The highest BCUT2D eigenvalue weighted by Crippen LogP contribution is 2.47. The Morgan fingerprint density at radius 1 is 1.03 bits per heavy atom. The van der Waals surface area contributed by atoms with Gasteiger partial charge >= 0.3 is 0 Å². The minimum atomic E-state index is -0.159. The molecular weight excluding hydrogens is 532 g/mol. The van der Waals surface area contributed by atoms with Gasteiger partial charge in [0.15, 0.2) is 0 Å². The van der Waals surface area contributed by atoms with E-state index in [0.29, 0.717) is 12.0 Å². The second kappa shape index (κ2) is 9.73. The fourth-order valence-corrected chi connectivity index (χ4v) is 6.39. The summed E-state index contributed by atoms with van der Waals surface area (Å²) in [4.78, 5) is 16.3. The molecule has 172 valence electrons. The Balaban J connectivity index is 1.34. The quantitative estimate of drug-likeness (QED) is 0.502. The lowest BCUT2D eigenvalue weighted by atomic mass is 9.70. The van der Waals surface area contributed by atoms with Crippen LogP contribution in [0.2, 0.25) is 0 Å². The Kier molecular flexibility index (Phi) is 6.94. The first-order valence-electron chi connectivity index (χ1n) is 12.0. The van der Waals surface area contributed by atoms with Gasteiger partial charge < -0.3 is 10.1 Å². The number of carbonyl (C=O) groups excluding carboxylic acids is 1. The van der Waals surface area contributed by atoms with Gasteiger partial charge in [-0.05, 0) is 73.0 Å². The van der Waals surface area contributed by atoms with Crippen molar-refractivity contribution in [3.05, 3.63) is 56.5 Å². The van der Waals surface area contributed by atoms with Gasteiger partial charge in [-0.3, -0.25) is 9.69 Å². The van der Waals surface area contributed by atoms with Crippen LogP contribution < -0.4 is 5.32 Å². The van der Waals surface area contributed by atoms with Crippen molar-refractivity contribution in [2.24, 2.45) is 11.8 Å². The number of nitrogens with zero attached hydrogens (tertiary/aromatic N) is 1. The normalized spacial score (nSPS) is 30.2. The van der Waals surface area contributed by atoms with Gasteiger partial charge in [-0.1, -0.05) is 61.7 Å². The molecule has 3 aliphatic carbocycles. The Morgan fingerprint density at radius 3 is 2.44 bits per heavy atom. The Bertz CT molecular complexity index is 901. The predicted octanol–water partition coefficient (Wildman–Crippen LogP) is 5.67. The summed E-state index contributed by atoms with van der Waals surface area (Å²) in [5.74, 6) is 0.649. The maximum absolute atomic E-state index is 13.7. The molecule has 4 nitrogen and oxygen atoms in total. The van der Waals surface area contributed by atoms with Gasteiger partial charge in [0.05, 0.1) is 18.8 Å². The third kappa shape index (κ3) is 4.94. The average Bonchev–Trinajstić information content (AvgIpc) is 3.60. The number of ether oxygens (including phenoxy) is 1. The van der Waals surface area contributed by atoms with Crippen LogP contribution in [-0.2, 0) is 15.1 Å². The molecule has 0 aromatic heterocycles. The summed E-state index contributed by atoms with van der Waals surface area (Å²) in [5.41, 5.74) is 2.53. The smallest absolute Gasteiger partial charge is 0.224 e. The molecule has 1 N–H and O–H groups in total. The van der Waals surface area contributed by atoms with Gasteiger partial charge in [0.1, 0.15) is 0 Å². The summed E-state index contributed by atoms with van der Waals surface area (Å²) in [6, 6.07) is 9.01. The van der Waals surface area contributed by atoms with E-state index in [1.807, 2.05) is 0 Å². The van der Waals surface area contributed by atoms with E-state index in [9.17, 15) is 4.79 Å². The molecule has 6 heteroatoms. The SMILES string of the molecule is O=C(NC1(c2ccc(Br)cc2)CC1)[C@@H]1CC[C@@H](N2CCOCC2)C[C@H]1C1=CC=C(Br)CC1. The van der Waals surface area contributed by atoms with Crippen LogP contribution in [-0.4, -0.2) is 43.2 Å². The molecule has 0 bridgehead atoms. The van der Waals surface area contributed by atoms with Crippen molar-refractivity contribution in [2.75, 3.05) is 26.3 Å². The van der Waals surface area contributed by atoms with Crippen LogP contribution in [0.1, 0.15) is 50.5 Å². The monoisotopic (exact) mass is 562 g/mol. The standard InChI is InChI=1S/C26H32Br2N2O2/c27-20-5-1-18(2-6-20)24-17-22(30-13-15-32-16-14-30)9-10-23(24)25(31)29-26(11-12-26)19-3-7-21(28)8-4-19/h1,3-5,7-8,22-24H,2,6,9-17H2,(H,29,31)/t22-,23-,24+/m1/s1. The number of morpholine rings is 1. The number of allylic oxidation sites excluding steroid dienone is 4. The molecule has 1 aromatic rings. The van der Waals surface area contributed by atoms with Crippen molar-refractivity contribution in [2.45, 2.75) is 56.5 Å². The number of benzene rings is 1. The third-order valence-corrected chi connectivity index (χ3v) is 9.03. The largest absolute Gasteiger partial charge is 0.379 e. The summed E-state index contributed by atoms with van der Waals surface area (Å²) in [7, 11) is 0. The minimum absolute atomic E-state index is 0.0664. The summed E-state index contributed by atoms with van der Waals surface area (Å²) in [6.07, 6.45) is 11.8. The Morgan fingerprint density at radius 2 is 1.78 bits per heavy atom. The number of hydrogen-bond acceptors (Lipinski definition) is 3. The first-order chi connectivity index (χ1) is 15.5. The molecule has 3 fully saturated rings. The van der Waals surface area contributed by atoms with Crippen molar-refractivity contribution in [1.82, 2.24) is 10.2 Å². The fraction of sp³-hybridized carbons (Fsp3) is 0.577. The van der Waals surface area contributed by atoms with Crippen LogP contribution >= 0.6 is 31.9 Å². The van der Waals surface area contributed by atoms with Crippen molar-refractivity contribution in [1.29, 1.82) is 0 Å². The fourth-order valence-electron chi connectivity index (χ4n) is 5.79. The molecule has 1 heterocycles. The van der Waals surface area contributed by atoms with Crippen LogP contribution in [0, 0.1) is 11.8 Å². The number of rotatable bonds is 5. The van der Waals surface area contributed by atoms with Crippen LogP contribution in [0.4, 0.5) is 0 Å². The van der Waals surface area contributed by atoms with E-state index in [0.717, 1.165) is 75.7 Å².